The van der Waals surface area contributed by atoms with Gasteiger partial charge in [0.25, 0.3) is 11.8 Å². The minimum atomic E-state index is -1.23. The zero-order chi connectivity index (χ0) is 20.3. The van der Waals surface area contributed by atoms with Crippen LogP contribution in [0.1, 0.15) is 30.3 Å². The molecule has 1 aromatic heterocycles. The van der Waals surface area contributed by atoms with Crippen LogP contribution in [0.2, 0.25) is 0 Å². The predicted octanol–water partition coefficient (Wildman–Crippen LogP) is 0.517. The van der Waals surface area contributed by atoms with Crippen LogP contribution in [-0.2, 0) is 9.59 Å². The molecule has 0 saturated heterocycles. The summed E-state index contributed by atoms with van der Waals surface area (Å²) >= 11 is 0. The number of benzene rings is 1. The lowest BCUT2D eigenvalue weighted by molar-refractivity contribution is -0.136. The van der Waals surface area contributed by atoms with Gasteiger partial charge in [0.15, 0.2) is 0 Å². The van der Waals surface area contributed by atoms with Crippen molar-refractivity contribution >= 4 is 17.7 Å². The Morgan fingerprint density at radius 2 is 1.89 bits per heavy atom. The first-order valence-corrected chi connectivity index (χ1v) is 8.64. The number of carbonyl (C=O) groups excluding carboxylic acids is 3. The molecule has 1 atom stereocenters. The zero-order valence-electron chi connectivity index (χ0n) is 14.9. The summed E-state index contributed by atoms with van der Waals surface area (Å²) in [5.74, 6) is -2.29. The molecule has 1 aliphatic rings. The molecule has 28 heavy (non-hydrogen) atoms. The van der Waals surface area contributed by atoms with Crippen LogP contribution in [0.3, 0.4) is 0 Å². The lowest BCUT2D eigenvalue weighted by Crippen LogP contribution is -2.53. The molecule has 0 unspecified atom stereocenters. The summed E-state index contributed by atoms with van der Waals surface area (Å²) < 4.78 is 18.0. The van der Waals surface area contributed by atoms with Crippen LogP contribution in [-0.4, -0.2) is 40.1 Å². The molecular weight excluding hydrogens is 371 g/mol. The normalized spacial score (nSPS) is 19.2. The maximum atomic E-state index is 13.0. The Balaban J connectivity index is 1.46. The van der Waals surface area contributed by atoms with E-state index in [4.69, 9.17) is 9.63 Å². The highest BCUT2D eigenvalue weighted by molar-refractivity contribution is 5.93. The molecule has 10 heteroatoms. The monoisotopic (exact) mass is 390 g/mol. The molecule has 0 radical (unpaired) electrons. The zero-order valence-corrected chi connectivity index (χ0v) is 14.9. The second-order valence-electron chi connectivity index (χ2n) is 6.58. The van der Waals surface area contributed by atoms with Crippen molar-refractivity contribution < 1.29 is 28.4 Å². The van der Waals surface area contributed by atoms with Gasteiger partial charge in [-0.05, 0) is 44.0 Å². The first kappa shape index (κ1) is 19.5. The number of nitrogens with zero attached hydrogens (tertiary/aromatic N) is 1. The first-order valence-electron chi connectivity index (χ1n) is 8.64. The van der Waals surface area contributed by atoms with Crippen molar-refractivity contribution in [2.45, 2.75) is 31.9 Å². The molecule has 1 aliphatic carbocycles. The number of aliphatic hydroxyl groups is 1. The van der Waals surface area contributed by atoms with E-state index in [0.29, 0.717) is 24.1 Å². The van der Waals surface area contributed by atoms with Crippen LogP contribution in [0.25, 0.3) is 11.3 Å². The number of aliphatic hydroxyl groups excluding tert-OH is 1. The number of hydrogen-bond donors (Lipinski definition) is 4. The summed E-state index contributed by atoms with van der Waals surface area (Å²) in [5, 5.41) is 15.6. The van der Waals surface area contributed by atoms with Gasteiger partial charge < -0.3 is 14.9 Å². The second kappa shape index (κ2) is 8.17. The molecule has 3 rings (SSSR count). The Kier molecular flexibility index (Phi) is 5.69. The molecular formula is C18H19FN4O5. The summed E-state index contributed by atoms with van der Waals surface area (Å²) in [7, 11) is 0. The lowest BCUT2D eigenvalue weighted by Gasteiger charge is -2.34. The van der Waals surface area contributed by atoms with Crippen LogP contribution < -0.4 is 16.2 Å². The Labute approximate surface area is 159 Å². The molecule has 9 nitrogen and oxygen atoms in total. The largest absolute Gasteiger partial charge is 0.383 e. The van der Waals surface area contributed by atoms with E-state index in [-0.39, 0.29) is 23.5 Å². The van der Waals surface area contributed by atoms with Crippen molar-refractivity contribution in [2.24, 2.45) is 5.92 Å². The molecule has 1 aromatic carbocycles. The molecule has 0 bridgehead atoms. The smallest absolute Gasteiger partial charge is 0.290 e. The topological polar surface area (TPSA) is 134 Å². The molecule has 0 aliphatic heterocycles. The van der Waals surface area contributed by atoms with Crippen LogP contribution in [0, 0.1) is 11.7 Å². The average molecular weight is 390 g/mol. The number of hydrogen-bond acceptors (Lipinski definition) is 6. The van der Waals surface area contributed by atoms with Crippen molar-refractivity contribution in [3.05, 3.63) is 41.9 Å². The van der Waals surface area contributed by atoms with Crippen molar-refractivity contribution in [1.82, 2.24) is 21.3 Å². The molecule has 2 aromatic rings. The van der Waals surface area contributed by atoms with Crippen LogP contribution in [0.15, 0.2) is 34.9 Å². The number of nitrogens with one attached hydrogen (secondary N) is 3. The van der Waals surface area contributed by atoms with Gasteiger partial charge in [-0.1, -0.05) is 5.16 Å². The van der Waals surface area contributed by atoms with E-state index >= 15 is 0 Å². The fraction of sp³-hybridized carbons (Fsp3) is 0.333. The van der Waals surface area contributed by atoms with Crippen LogP contribution >= 0.6 is 0 Å². The van der Waals surface area contributed by atoms with E-state index in [1.54, 1.807) is 0 Å². The van der Waals surface area contributed by atoms with Crippen LogP contribution in [0.4, 0.5) is 4.39 Å². The highest BCUT2D eigenvalue weighted by Crippen LogP contribution is 2.28. The number of halogens is 1. The van der Waals surface area contributed by atoms with Gasteiger partial charge in [-0.15, -0.1) is 0 Å². The van der Waals surface area contributed by atoms with Gasteiger partial charge in [-0.25, -0.2) is 4.39 Å². The molecule has 1 fully saturated rings. The van der Waals surface area contributed by atoms with E-state index < -0.39 is 23.8 Å². The van der Waals surface area contributed by atoms with E-state index in [1.165, 1.54) is 37.3 Å². The highest BCUT2D eigenvalue weighted by Gasteiger charge is 2.36. The van der Waals surface area contributed by atoms with E-state index in [9.17, 15) is 18.8 Å². The van der Waals surface area contributed by atoms with E-state index in [2.05, 4.69) is 21.3 Å². The SMILES string of the molecule is C[C@@H](O)C(=O)NNC(=O)C1CC(NC(=O)c2cc(-c3ccc(F)cc3)no2)C1. The highest BCUT2D eigenvalue weighted by atomic mass is 19.1. The second-order valence-corrected chi connectivity index (χ2v) is 6.58. The molecule has 1 heterocycles. The van der Waals surface area contributed by atoms with Crippen LogP contribution in [0.5, 0.6) is 0 Å². The summed E-state index contributed by atoms with van der Waals surface area (Å²) in [6.07, 6.45) is -0.419. The summed E-state index contributed by atoms with van der Waals surface area (Å²) in [6.45, 7) is 1.28. The third-order valence-corrected chi connectivity index (χ3v) is 4.41. The molecule has 4 N–H and O–H groups in total. The maximum absolute atomic E-state index is 13.0. The number of carbonyl (C=O) groups is 3. The minimum absolute atomic E-state index is 0.0106. The number of rotatable bonds is 5. The van der Waals surface area contributed by atoms with Gasteiger partial charge in [-0.2, -0.15) is 0 Å². The van der Waals surface area contributed by atoms with Gasteiger partial charge in [0.05, 0.1) is 0 Å². The number of amides is 3. The fourth-order valence-electron chi connectivity index (χ4n) is 2.67. The third-order valence-electron chi connectivity index (χ3n) is 4.41. The van der Waals surface area contributed by atoms with Gasteiger partial charge in [0, 0.05) is 23.6 Å². The maximum Gasteiger partial charge on any atom is 0.290 e. The predicted molar refractivity (Wildman–Crippen MR) is 93.8 cm³/mol. The number of hydrazine groups is 1. The summed E-state index contributed by atoms with van der Waals surface area (Å²) in [4.78, 5) is 35.3. The third kappa shape index (κ3) is 4.52. The minimum Gasteiger partial charge on any atom is -0.383 e. The van der Waals surface area contributed by atoms with E-state index in [0.717, 1.165) is 0 Å². The quantitative estimate of drug-likeness (QED) is 0.550. The summed E-state index contributed by atoms with van der Waals surface area (Å²) in [6, 6.07) is 6.87. The molecule has 0 spiro atoms. The van der Waals surface area contributed by atoms with Gasteiger partial charge in [0.1, 0.15) is 17.6 Å². The Morgan fingerprint density at radius 1 is 1.21 bits per heavy atom. The lowest BCUT2D eigenvalue weighted by atomic mass is 9.79. The van der Waals surface area contributed by atoms with Gasteiger partial charge in [0.2, 0.25) is 11.7 Å². The van der Waals surface area contributed by atoms with Crippen molar-refractivity contribution in [3.8, 4) is 11.3 Å². The Bertz CT molecular complexity index is 874. The summed E-state index contributed by atoms with van der Waals surface area (Å²) in [5.41, 5.74) is 5.36. The fourth-order valence-corrected chi connectivity index (χ4v) is 2.67. The first-order chi connectivity index (χ1) is 13.3. The molecule has 3 amide bonds. The Hall–Kier alpha value is -3.27. The van der Waals surface area contributed by atoms with Crippen molar-refractivity contribution in [3.63, 3.8) is 0 Å². The standard InChI is InChI=1S/C18H19FN4O5/c1-9(24)16(25)21-22-17(26)11-6-13(7-11)20-18(27)15-8-14(23-28-15)10-2-4-12(19)5-3-10/h2-5,8-9,11,13,24H,6-7H2,1H3,(H,20,27)(H,21,25)(H,22,26)/t9-,11?,13?/m1/s1. The molecule has 1 saturated carbocycles. The van der Waals surface area contributed by atoms with Crippen molar-refractivity contribution in [2.75, 3.05) is 0 Å². The van der Waals surface area contributed by atoms with Crippen molar-refractivity contribution in [1.29, 1.82) is 0 Å². The van der Waals surface area contributed by atoms with Gasteiger partial charge >= 0.3 is 0 Å². The van der Waals surface area contributed by atoms with E-state index in [1.807, 2.05) is 0 Å². The number of aromatic nitrogens is 1. The Morgan fingerprint density at radius 3 is 2.54 bits per heavy atom. The van der Waals surface area contributed by atoms with Gasteiger partial charge in [-0.3, -0.25) is 25.2 Å². The average Bonchev–Trinajstić information content (AvgIpc) is 3.12. The molecule has 148 valence electrons.